The van der Waals surface area contributed by atoms with Gasteiger partial charge in [0.15, 0.2) is 0 Å². The molecule has 1 heterocycles. The van der Waals surface area contributed by atoms with Crippen molar-refractivity contribution in [2.45, 2.75) is 45.2 Å². The molecule has 2 amide bonds. The topological polar surface area (TPSA) is 96.3 Å². The van der Waals surface area contributed by atoms with Gasteiger partial charge in [0.1, 0.15) is 0 Å². The molecule has 0 saturated heterocycles. The Morgan fingerprint density at radius 1 is 1.45 bits per heavy atom. The molecule has 0 bridgehead atoms. The number of hydrogen-bond acceptors (Lipinski definition) is 3. The summed E-state index contributed by atoms with van der Waals surface area (Å²) in [4.78, 5) is 22.3. The lowest BCUT2D eigenvalue weighted by Gasteiger charge is -2.16. The minimum atomic E-state index is -0.901. The van der Waals surface area contributed by atoms with Gasteiger partial charge in [-0.2, -0.15) is 5.10 Å². The van der Waals surface area contributed by atoms with Crippen LogP contribution in [0.15, 0.2) is 18.5 Å². The van der Waals surface area contributed by atoms with Crippen LogP contribution in [0.5, 0.6) is 0 Å². The van der Waals surface area contributed by atoms with E-state index in [0.29, 0.717) is 13.0 Å². The summed E-state index contributed by atoms with van der Waals surface area (Å²) < 4.78 is 1.80. The highest BCUT2D eigenvalue weighted by Gasteiger charge is 2.14. The van der Waals surface area contributed by atoms with Crippen LogP contribution in [-0.4, -0.2) is 39.5 Å². The van der Waals surface area contributed by atoms with E-state index >= 15 is 0 Å². The van der Waals surface area contributed by atoms with Crippen molar-refractivity contribution in [3.05, 3.63) is 18.5 Å². The lowest BCUT2D eigenvalue weighted by Crippen LogP contribution is -2.43. The molecule has 7 heteroatoms. The van der Waals surface area contributed by atoms with Crippen molar-refractivity contribution in [1.82, 2.24) is 20.4 Å². The summed E-state index contributed by atoms with van der Waals surface area (Å²) >= 11 is 0. The van der Waals surface area contributed by atoms with Gasteiger partial charge in [-0.15, -0.1) is 0 Å². The highest BCUT2D eigenvalue weighted by Crippen LogP contribution is 2.01. The van der Waals surface area contributed by atoms with E-state index in [0.717, 1.165) is 19.4 Å². The van der Waals surface area contributed by atoms with E-state index in [1.165, 1.54) is 0 Å². The van der Waals surface area contributed by atoms with Crippen molar-refractivity contribution in [1.29, 1.82) is 0 Å². The summed E-state index contributed by atoms with van der Waals surface area (Å²) in [7, 11) is 0. The number of carboxylic acid groups (broad SMARTS) is 1. The van der Waals surface area contributed by atoms with Gasteiger partial charge in [0, 0.05) is 31.5 Å². The highest BCUT2D eigenvalue weighted by molar-refractivity contribution is 5.75. The molecule has 1 aromatic rings. The van der Waals surface area contributed by atoms with Crippen LogP contribution in [0, 0.1) is 0 Å². The zero-order valence-corrected chi connectivity index (χ0v) is 11.7. The molecule has 7 nitrogen and oxygen atoms in total. The molecular weight excluding hydrogens is 260 g/mol. The number of nitrogens with zero attached hydrogens (tertiary/aromatic N) is 2. The quantitative estimate of drug-likeness (QED) is 0.593. The number of hydrogen-bond donors (Lipinski definition) is 3. The second-order valence-corrected chi connectivity index (χ2v) is 4.61. The maximum Gasteiger partial charge on any atom is 0.315 e. The number of carbonyl (C=O) groups excluding carboxylic acids is 1. The molecule has 0 aliphatic heterocycles. The summed E-state index contributed by atoms with van der Waals surface area (Å²) in [6.45, 7) is 3.22. The van der Waals surface area contributed by atoms with Gasteiger partial charge < -0.3 is 15.7 Å². The molecular formula is C13H22N4O3. The Morgan fingerprint density at radius 3 is 2.85 bits per heavy atom. The average Bonchev–Trinajstić information content (AvgIpc) is 2.87. The van der Waals surface area contributed by atoms with Crippen LogP contribution in [0.1, 0.15) is 32.6 Å². The molecule has 20 heavy (non-hydrogen) atoms. The average molecular weight is 282 g/mol. The molecule has 0 radical (unpaired) electrons. The maximum atomic E-state index is 11.6. The lowest BCUT2D eigenvalue weighted by atomic mass is 10.1. The van der Waals surface area contributed by atoms with Crippen LogP contribution in [0.4, 0.5) is 4.79 Å². The molecule has 1 atom stereocenters. The fourth-order valence-corrected chi connectivity index (χ4v) is 1.90. The molecule has 1 aromatic heterocycles. The van der Waals surface area contributed by atoms with E-state index in [4.69, 9.17) is 5.11 Å². The van der Waals surface area contributed by atoms with Crippen molar-refractivity contribution in [2.24, 2.45) is 0 Å². The maximum absolute atomic E-state index is 11.6. The monoisotopic (exact) mass is 282 g/mol. The van der Waals surface area contributed by atoms with Crippen molar-refractivity contribution in [2.75, 3.05) is 6.54 Å². The molecule has 0 saturated carbocycles. The fourth-order valence-electron chi connectivity index (χ4n) is 1.90. The number of carbonyl (C=O) groups is 2. The van der Waals surface area contributed by atoms with Crippen molar-refractivity contribution in [3.8, 4) is 0 Å². The van der Waals surface area contributed by atoms with Crippen molar-refractivity contribution < 1.29 is 14.7 Å². The van der Waals surface area contributed by atoms with E-state index < -0.39 is 5.97 Å². The number of carboxylic acids is 1. The van der Waals surface area contributed by atoms with E-state index in [1.54, 1.807) is 10.9 Å². The zero-order valence-electron chi connectivity index (χ0n) is 11.7. The van der Waals surface area contributed by atoms with Gasteiger partial charge in [-0.1, -0.05) is 13.3 Å². The molecule has 0 spiro atoms. The number of amides is 2. The van der Waals surface area contributed by atoms with E-state index in [-0.39, 0.29) is 18.5 Å². The predicted octanol–water partition coefficient (Wildman–Crippen LogP) is 1.22. The Bertz CT molecular complexity index is 406. The molecule has 0 aromatic carbocycles. The van der Waals surface area contributed by atoms with Crippen LogP contribution < -0.4 is 10.6 Å². The SMILES string of the molecule is CCCC(CC(=O)O)NC(=O)NCCCn1cccn1. The predicted molar refractivity (Wildman–Crippen MR) is 74.3 cm³/mol. The fraction of sp³-hybridized carbons (Fsp3) is 0.615. The van der Waals surface area contributed by atoms with Gasteiger partial charge in [0.25, 0.3) is 0 Å². The number of aryl methyl sites for hydroxylation is 1. The van der Waals surface area contributed by atoms with Gasteiger partial charge >= 0.3 is 12.0 Å². The van der Waals surface area contributed by atoms with Crippen LogP contribution in [0.2, 0.25) is 0 Å². The van der Waals surface area contributed by atoms with E-state index in [9.17, 15) is 9.59 Å². The summed E-state index contributed by atoms with van der Waals surface area (Å²) in [5.41, 5.74) is 0. The van der Waals surface area contributed by atoms with Gasteiger partial charge in [0.05, 0.1) is 6.42 Å². The Morgan fingerprint density at radius 2 is 2.25 bits per heavy atom. The standard InChI is InChI=1S/C13H22N4O3/c1-2-5-11(10-12(18)19)16-13(20)14-6-3-8-17-9-4-7-15-17/h4,7,9,11H,2-3,5-6,8,10H2,1H3,(H,18,19)(H2,14,16,20). The Kier molecular flexibility index (Phi) is 7.16. The summed E-state index contributed by atoms with van der Waals surface area (Å²) in [5, 5.41) is 18.2. The van der Waals surface area contributed by atoms with E-state index in [2.05, 4.69) is 15.7 Å². The number of rotatable bonds is 9. The van der Waals surface area contributed by atoms with Crippen LogP contribution in [-0.2, 0) is 11.3 Å². The van der Waals surface area contributed by atoms with Gasteiger partial charge in [-0.05, 0) is 18.9 Å². The van der Waals surface area contributed by atoms with Gasteiger partial charge in [-0.3, -0.25) is 9.48 Å². The second kappa shape index (κ2) is 8.95. The van der Waals surface area contributed by atoms with Crippen LogP contribution in [0.3, 0.4) is 0 Å². The molecule has 112 valence electrons. The lowest BCUT2D eigenvalue weighted by molar-refractivity contribution is -0.137. The number of nitrogens with one attached hydrogen (secondary N) is 2. The first kappa shape index (κ1) is 16.0. The second-order valence-electron chi connectivity index (χ2n) is 4.61. The zero-order chi connectivity index (χ0) is 14.8. The molecule has 0 aliphatic carbocycles. The molecule has 1 rings (SSSR count). The minimum absolute atomic E-state index is 0.0471. The summed E-state index contributed by atoms with van der Waals surface area (Å²) in [6, 6.07) is 1.22. The van der Waals surface area contributed by atoms with Crippen LogP contribution in [0.25, 0.3) is 0 Å². The summed E-state index contributed by atoms with van der Waals surface area (Å²) in [6.07, 6.45) is 5.79. The Balaban J connectivity index is 2.18. The highest BCUT2D eigenvalue weighted by atomic mass is 16.4. The number of aromatic nitrogens is 2. The third-order valence-electron chi connectivity index (χ3n) is 2.80. The molecule has 1 unspecified atom stereocenters. The molecule has 0 aliphatic rings. The summed E-state index contributed by atoms with van der Waals surface area (Å²) in [5.74, 6) is -0.901. The molecule has 0 fully saturated rings. The van der Waals surface area contributed by atoms with Gasteiger partial charge in [0.2, 0.25) is 0 Å². The third kappa shape index (κ3) is 6.77. The van der Waals surface area contributed by atoms with Crippen molar-refractivity contribution >= 4 is 12.0 Å². The van der Waals surface area contributed by atoms with Crippen molar-refractivity contribution in [3.63, 3.8) is 0 Å². The first-order valence-corrected chi connectivity index (χ1v) is 6.85. The number of urea groups is 1. The Labute approximate surface area is 118 Å². The normalized spacial score (nSPS) is 11.8. The smallest absolute Gasteiger partial charge is 0.315 e. The largest absolute Gasteiger partial charge is 0.481 e. The first-order chi connectivity index (χ1) is 9.61. The van der Waals surface area contributed by atoms with Crippen LogP contribution >= 0.6 is 0 Å². The minimum Gasteiger partial charge on any atom is -0.481 e. The number of aliphatic carboxylic acids is 1. The molecule has 3 N–H and O–H groups in total. The van der Waals surface area contributed by atoms with E-state index in [1.807, 2.05) is 19.2 Å². The Hall–Kier alpha value is -2.05. The first-order valence-electron chi connectivity index (χ1n) is 6.85. The third-order valence-corrected chi connectivity index (χ3v) is 2.80. The van der Waals surface area contributed by atoms with Gasteiger partial charge in [-0.25, -0.2) is 4.79 Å².